The minimum Gasteiger partial charge on any atom is -0.493 e. The largest absolute Gasteiger partial charge is 0.493 e. The number of unbranched alkanes of at least 4 members (excludes halogenated alkanes) is 2. The van der Waals surface area contributed by atoms with Gasteiger partial charge in [0.25, 0.3) is 0 Å². The van der Waals surface area contributed by atoms with Gasteiger partial charge in [-0.1, -0.05) is 19.8 Å². The summed E-state index contributed by atoms with van der Waals surface area (Å²) in [5, 5.41) is 15.7. The van der Waals surface area contributed by atoms with E-state index >= 15 is 0 Å². The Kier molecular flexibility index (Phi) is 6.39. The fourth-order valence-electron chi connectivity index (χ4n) is 2.60. The van der Waals surface area contributed by atoms with Crippen molar-refractivity contribution in [1.29, 1.82) is 0 Å². The van der Waals surface area contributed by atoms with Gasteiger partial charge in [0.15, 0.2) is 17.3 Å². The van der Waals surface area contributed by atoms with Crippen molar-refractivity contribution in [3.05, 3.63) is 40.6 Å². The second kappa shape index (κ2) is 8.94. The smallest absolute Gasteiger partial charge is 0.164 e. The number of fused-ring (bicyclic) bond motifs is 1. The zero-order valence-corrected chi connectivity index (χ0v) is 16.7. The summed E-state index contributed by atoms with van der Waals surface area (Å²) >= 11 is 3.14. The molecule has 1 aromatic heterocycles. The normalized spacial score (nSPS) is 10.8. The van der Waals surface area contributed by atoms with Crippen molar-refractivity contribution in [1.82, 2.24) is 15.4 Å². The molecule has 0 atom stereocenters. The molecule has 0 amide bonds. The molecule has 0 unspecified atom stereocenters. The molecule has 2 aromatic carbocycles. The fourth-order valence-corrected chi connectivity index (χ4v) is 2.85. The number of anilines is 2. The van der Waals surface area contributed by atoms with Crippen molar-refractivity contribution in [3.8, 4) is 11.5 Å². The third-order valence-corrected chi connectivity index (χ3v) is 4.67. The summed E-state index contributed by atoms with van der Waals surface area (Å²) in [6.45, 7) is 2.75. The summed E-state index contributed by atoms with van der Waals surface area (Å²) in [5.74, 6) is 1.28. The maximum atomic E-state index is 13.8. The molecule has 1 N–H and O–H groups in total. The molecule has 0 saturated carbocycles. The minimum absolute atomic E-state index is 0.369. The molecule has 0 aliphatic carbocycles. The first-order chi connectivity index (χ1) is 13.1. The van der Waals surface area contributed by atoms with Gasteiger partial charge in [-0.05, 0) is 51.8 Å². The topological polar surface area (TPSA) is 69.2 Å². The Morgan fingerprint density at radius 1 is 1.11 bits per heavy atom. The van der Waals surface area contributed by atoms with Crippen LogP contribution in [0.2, 0.25) is 0 Å². The number of ether oxygens (including phenoxy) is 2. The number of hydrogen-bond acceptors (Lipinski definition) is 6. The molecule has 0 fully saturated rings. The highest BCUT2D eigenvalue weighted by Crippen LogP contribution is 2.34. The number of benzene rings is 2. The molecule has 8 heteroatoms. The number of methoxy groups -OCH3 is 1. The van der Waals surface area contributed by atoms with Crippen molar-refractivity contribution >= 4 is 38.3 Å². The summed E-state index contributed by atoms with van der Waals surface area (Å²) in [7, 11) is 1.58. The van der Waals surface area contributed by atoms with Crippen LogP contribution in [0.15, 0.2) is 34.8 Å². The molecule has 3 aromatic rings. The quantitative estimate of drug-likeness (QED) is 0.488. The van der Waals surface area contributed by atoms with Crippen molar-refractivity contribution in [2.75, 3.05) is 19.0 Å². The van der Waals surface area contributed by atoms with Gasteiger partial charge in [0.1, 0.15) is 11.3 Å². The maximum Gasteiger partial charge on any atom is 0.164 e. The standard InChI is InChI=1S/C19H20BrFN4O2/c1-3-4-5-8-27-18-11-16-13(10-17(18)26-2)19(24-25-23-16)22-12-6-7-14(20)15(21)9-12/h6-7,9-11H,3-5,8H2,1-2H3,(H,22,23,24). The van der Waals surface area contributed by atoms with Gasteiger partial charge in [0.2, 0.25) is 0 Å². The molecule has 0 radical (unpaired) electrons. The third-order valence-electron chi connectivity index (χ3n) is 4.02. The van der Waals surface area contributed by atoms with Crippen LogP contribution in [0.4, 0.5) is 15.9 Å². The lowest BCUT2D eigenvalue weighted by Gasteiger charge is -2.13. The molecule has 27 heavy (non-hydrogen) atoms. The molecule has 0 aliphatic rings. The summed E-state index contributed by atoms with van der Waals surface area (Å²) < 4.78 is 25.5. The number of hydrogen-bond donors (Lipinski definition) is 1. The number of aromatic nitrogens is 3. The highest BCUT2D eigenvalue weighted by Gasteiger charge is 2.13. The lowest BCUT2D eigenvalue weighted by molar-refractivity contribution is 0.286. The van der Waals surface area contributed by atoms with Gasteiger partial charge >= 0.3 is 0 Å². The zero-order valence-electron chi connectivity index (χ0n) is 15.1. The van der Waals surface area contributed by atoms with Crippen LogP contribution < -0.4 is 14.8 Å². The molecule has 0 saturated heterocycles. The molecule has 0 bridgehead atoms. The Labute approximate surface area is 165 Å². The van der Waals surface area contributed by atoms with E-state index in [1.165, 1.54) is 6.07 Å². The van der Waals surface area contributed by atoms with Crippen molar-refractivity contribution in [2.45, 2.75) is 26.2 Å². The van der Waals surface area contributed by atoms with E-state index in [1.54, 1.807) is 31.4 Å². The number of nitrogens with zero attached hydrogens (tertiary/aromatic N) is 3. The Bertz CT molecular complexity index is 939. The number of nitrogens with one attached hydrogen (secondary N) is 1. The lowest BCUT2D eigenvalue weighted by Crippen LogP contribution is -2.02. The van der Waals surface area contributed by atoms with E-state index in [0.717, 1.165) is 19.3 Å². The zero-order chi connectivity index (χ0) is 19.2. The van der Waals surface area contributed by atoms with Gasteiger partial charge in [-0.25, -0.2) is 4.39 Å². The SMILES string of the molecule is CCCCCOc1cc2nnnc(Nc3ccc(Br)c(F)c3)c2cc1OC. The summed E-state index contributed by atoms with van der Waals surface area (Å²) in [6.07, 6.45) is 3.21. The van der Waals surface area contributed by atoms with Crippen molar-refractivity contribution < 1.29 is 13.9 Å². The van der Waals surface area contributed by atoms with Gasteiger partial charge in [-0.3, -0.25) is 0 Å². The van der Waals surface area contributed by atoms with Crippen LogP contribution in [-0.4, -0.2) is 29.1 Å². The van der Waals surface area contributed by atoms with E-state index in [1.807, 2.05) is 0 Å². The second-order valence-corrected chi connectivity index (χ2v) is 6.82. The first kappa shape index (κ1) is 19.3. The van der Waals surface area contributed by atoms with Crippen LogP contribution in [0.3, 0.4) is 0 Å². The first-order valence-electron chi connectivity index (χ1n) is 8.68. The summed E-state index contributed by atoms with van der Waals surface area (Å²) in [4.78, 5) is 0. The van der Waals surface area contributed by atoms with E-state index in [-0.39, 0.29) is 5.82 Å². The predicted molar refractivity (Wildman–Crippen MR) is 106 cm³/mol. The predicted octanol–water partition coefficient (Wildman–Crippen LogP) is 5.25. The maximum absolute atomic E-state index is 13.8. The highest BCUT2D eigenvalue weighted by molar-refractivity contribution is 9.10. The fraction of sp³-hybridized carbons (Fsp3) is 0.316. The van der Waals surface area contributed by atoms with Crippen molar-refractivity contribution in [3.63, 3.8) is 0 Å². The van der Waals surface area contributed by atoms with Gasteiger partial charge in [-0.2, -0.15) is 0 Å². The van der Waals surface area contributed by atoms with E-state index in [4.69, 9.17) is 9.47 Å². The molecule has 1 heterocycles. The average molecular weight is 435 g/mol. The third kappa shape index (κ3) is 4.63. The number of halogens is 2. The Hall–Kier alpha value is -2.48. The van der Waals surface area contributed by atoms with Gasteiger partial charge in [-0.15, -0.1) is 10.2 Å². The van der Waals surface area contributed by atoms with E-state index < -0.39 is 0 Å². The van der Waals surface area contributed by atoms with Gasteiger partial charge < -0.3 is 14.8 Å². The summed E-state index contributed by atoms with van der Waals surface area (Å²) in [5.41, 5.74) is 1.16. The van der Waals surface area contributed by atoms with E-state index in [9.17, 15) is 4.39 Å². The van der Waals surface area contributed by atoms with Gasteiger partial charge in [0.05, 0.1) is 23.6 Å². The molecule has 6 nitrogen and oxygen atoms in total. The Morgan fingerprint density at radius 2 is 1.96 bits per heavy atom. The average Bonchev–Trinajstić information content (AvgIpc) is 2.68. The second-order valence-electron chi connectivity index (χ2n) is 5.97. The monoisotopic (exact) mass is 434 g/mol. The van der Waals surface area contributed by atoms with Crippen LogP contribution in [0.1, 0.15) is 26.2 Å². The molecule has 0 spiro atoms. The summed E-state index contributed by atoms with van der Waals surface area (Å²) in [6, 6.07) is 8.31. The minimum atomic E-state index is -0.369. The van der Waals surface area contributed by atoms with Crippen LogP contribution in [0, 0.1) is 5.82 Å². The van der Waals surface area contributed by atoms with Gasteiger partial charge in [0, 0.05) is 11.8 Å². The van der Waals surface area contributed by atoms with E-state index in [2.05, 4.69) is 43.6 Å². The number of rotatable bonds is 8. The lowest BCUT2D eigenvalue weighted by atomic mass is 10.2. The first-order valence-corrected chi connectivity index (χ1v) is 9.47. The van der Waals surface area contributed by atoms with Crippen LogP contribution in [-0.2, 0) is 0 Å². The van der Waals surface area contributed by atoms with Crippen molar-refractivity contribution in [2.24, 2.45) is 0 Å². The molecule has 142 valence electrons. The van der Waals surface area contributed by atoms with E-state index in [0.29, 0.717) is 45.0 Å². The Balaban J connectivity index is 1.91. The highest BCUT2D eigenvalue weighted by atomic mass is 79.9. The van der Waals surface area contributed by atoms with Crippen LogP contribution in [0.25, 0.3) is 10.9 Å². The molecular formula is C19H20BrFN4O2. The Morgan fingerprint density at radius 3 is 2.70 bits per heavy atom. The molecule has 0 aliphatic heterocycles. The molecule has 3 rings (SSSR count). The van der Waals surface area contributed by atoms with Crippen LogP contribution >= 0.6 is 15.9 Å². The van der Waals surface area contributed by atoms with Crippen LogP contribution in [0.5, 0.6) is 11.5 Å². The molecular weight excluding hydrogens is 415 g/mol.